The SMILES string of the molecule is CC1N=C(C2CC2C)NC1=O. The summed E-state index contributed by atoms with van der Waals surface area (Å²) in [4.78, 5) is 15.2. The summed E-state index contributed by atoms with van der Waals surface area (Å²) in [5.74, 6) is 2.25. The maximum atomic E-state index is 11.0. The molecular formula is C8H12N2O. The van der Waals surface area contributed by atoms with Crippen molar-refractivity contribution in [2.24, 2.45) is 16.8 Å². The third-order valence-corrected chi connectivity index (χ3v) is 2.42. The molecule has 1 heterocycles. The maximum Gasteiger partial charge on any atom is 0.249 e. The largest absolute Gasteiger partial charge is 0.312 e. The Balaban J connectivity index is 2.07. The highest BCUT2D eigenvalue weighted by molar-refractivity contribution is 6.07. The van der Waals surface area contributed by atoms with Crippen molar-refractivity contribution in [3.63, 3.8) is 0 Å². The van der Waals surface area contributed by atoms with Crippen molar-refractivity contribution in [3.05, 3.63) is 0 Å². The Hall–Kier alpha value is -0.860. The van der Waals surface area contributed by atoms with Crippen LogP contribution in [0.15, 0.2) is 4.99 Å². The van der Waals surface area contributed by atoms with Gasteiger partial charge in [0.2, 0.25) is 5.91 Å². The molecule has 0 spiro atoms. The molecule has 0 bridgehead atoms. The molecule has 0 aromatic heterocycles. The van der Waals surface area contributed by atoms with E-state index in [9.17, 15) is 4.79 Å². The van der Waals surface area contributed by atoms with Crippen LogP contribution in [0.4, 0.5) is 0 Å². The molecule has 1 fully saturated rings. The van der Waals surface area contributed by atoms with Gasteiger partial charge in [0, 0.05) is 5.92 Å². The molecule has 60 valence electrons. The Kier molecular flexibility index (Phi) is 1.28. The summed E-state index contributed by atoms with van der Waals surface area (Å²) in [5.41, 5.74) is 0. The number of amides is 1. The van der Waals surface area contributed by atoms with E-state index in [1.54, 1.807) is 0 Å². The molecule has 11 heavy (non-hydrogen) atoms. The smallest absolute Gasteiger partial charge is 0.249 e. The van der Waals surface area contributed by atoms with Crippen molar-refractivity contribution in [1.29, 1.82) is 0 Å². The third-order valence-electron chi connectivity index (χ3n) is 2.42. The van der Waals surface area contributed by atoms with E-state index >= 15 is 0 Å². The molecule has 1 aliphatic heterocycles. The van der Waals surface area contributed by atoms with Crippen molar-refractivity contribution >= 4 is 11.7 Å². The molecule has 2 aliphatic rings. The molecule has 0 aromatic rings. The van der Waals surface area contributed by atoms with Gasteiger partial charge in [-0.05, 0) is 19.3 Å². The first kappa shape index (κ1) is 6.83. The number of rotatable bonds is 1. The van der Waals surface area contributed by atoms with Gasteiger partial charge in [-0.1, -0.05) is 6.92 Å². The van der Waals surface area contributed by atoms with Crippen LogP contribution >= 0.6 is 0 Å². The number of hydrogen-bond acceptors (Lipinski definition) is 2. The van der Waals surface area contributed by atoms with Crippen LogP contribution < -0.4 is 5.32 Å². The first-order chi connectivity index (χ1) is 5.18. The van der Waals surface area contributed by atoms with Gasteiger partial charge < -0.3 is 5.32 Å². The monoisotopic (exact) mass is 152 g/mol. The second kappa shape index (κ2) is 2.06. The highest BCUT2D eigenvalue weighted by Gasteiger charge is 2.40. The topological polar surface area (TPSA) is 41.5 Å². The predicted molar refractivity (Wildman–Crippen MR) is 42.3 cm³/mol. The van der Waals surface area contributed by atoms with E-state index < -0.39 is 0 Å². The van der Waals surface area contributed by atoms with E-state index in [0.29, 0.717) is 5.92 Å². The Morgan fingerprint density at radius 2 is 2.18 bits per heavy atom. The van der Waals surface area contributed by atoms with E-state index in [2.05, 4.69) is 17.2 Å². The number of nitrogens with one attached hydrogen (secondary N) is 1. The molecule has 0 saturated heterocycles. The number of nitrogens with zero attached hydrogens (tertiary/aromatic N) is 1. The minimum atomic E-state index is -0.155. The molecule has 3 heteroatoms. The van der Waals surface area contributed by atoms with Crippen molar-refractivity contribution in [3.8, 4) is 0 Å². The fourth-order valence-electron chi connectivity index (χ4n) is 1.42. The number of aliphatic imine (C=N–C) groups is 1. The summed E-state index contributed by atoms with van der Waals surface area (Å²) in [6.07, 6.45) is 1.19. The Labute approximate surface area is 65.9 Å². The molecule has 0 radical (unpaired) electrons. The molecule has 3 atom stereocenters. The first-order valence-electron chi connectivity index (χ1n) is 4.07. The molecule has 3 nitrogen and oxygen atoms in total. The van der Waals surface area contributed by atoms with Crippen molar-refractivity contribution in [1.82, 2.24) is 5.32 Å². The van der Waals surface area contributed by atoms with Crippen LogP contribution in [0.25, 0.3) is 0 Å². The average Bonchev–Trinajstić information content (AvgIpc) is 2.56. The number of carbonyl (C=O) groups excluding carboxylic acids is 1. The van der Waals surface area contributed by atoms with Gasteiger partial charge in [-0.25, -0.2) is 0 Å². The number of hydrogen-bond donors (Lipinski definition) is 1. The standard InChI is InChI=1S/C8H12N2O/c1-4-3-6(4)7-9-5(2)8(11)10-7/h4-6H,3H2,1-2H3,(H,9,10,11). The van der Waals surface area contributed by atoms with Gasteiger partial charge in [0.15, 0.2) is 0 Å². The van der Waals surface area contributed by atoms with Crippen molar-refractivity contribution < 1.29 is 4.79 Å². The van der Waals surface area contributed by atoms with Crippen molar-refractivity contribution in [2.45, 2.75) is 26.3 Å². The van der Waals surface area contributed by atoms with Crippen LogP contribution in [-0.4, -0.2) is 17.8 Å². The fourth-order valence-corrected chi connectivity index (χ4v) is 1.42. The molecule has 3 unspecified atom stereocenters. The zero-order valence-electron chi connectivity index (χ0n) is 6.79. The maximum absolute atomic E-state index is 11.0. The first-order valence-corrected chi connectivity index (χ1v) is 4.07. The molecular weight excluding hydrogens is 140 g/mol. The van der Waals surface area contributed by atoms with Gasteiger partial charge >= 0.3 is 0 Å². The molecule has 1 amide bonds. The highest BCUT2D eigenvalue weighted by atomic mass is 16.2. The zero-order valence-corrected chi connectivity index (χ0v) is 6.79. The van der Waals surface area contributed by atoms with E-state index in [-0.39, 0.29) is 11.9 Å². The molecule has 1 N–H and O–H groups in total. The Morgan fingerprint density at radius 1 is 1.55 bits per heavy atom. The lowest BCUT2D eigenvalue weighted by Crippen LogP contribution is -2.28. The van der Waals surface area contributed by atoms with E-state index in [0.717, 1.165) is 11.8 Å². The van der Waals surface area contributed by atoms with Gasteiger partial charge in [-0.3, -0.25) is 9.79 Å². The van der Waals surface area contributed by atoms with E-state index in [4.69, 9.17) is 0 Å². The van der Waals surface area contributed by atoms with Crippen molar-refractivity contribution in [2.75, 3.05) is 0 Å². The number of amidine groups is 1. The van der Waals surface area contributed by atoms with Gasteiger partial charge in [0.25, 0.3) is 0 Å². The van der Waals surface area contributed by atoms with Crippen LogP contribution in [0.3, 0.4) is 0 Å². The van der Waals surface area contributed by atoms with E-state index in [1.165, 1.54) is 6.42 Å². The van der Waals surface area contributed by atoms with Crippen LogP contribution in [0, 0.1) is 11.8 Å². The molecule has 1 saturated carbocycles. The number of carbonyl (C=O) groups is 1. The lowest BCUT2D eigenvalue weighted by molar-refractivity contribution is -0.119. The van der Waals surface area contributed by atoms with Crippen LogP contribution in [0.1, 0.15) is 20.3 Å². The Morgan fingerprint density at radius 3 is 2.55 bits per heavy atom. The van der Waals surface area contributed by atoms with Crippen LogP contribution in [0.5, 0.6) is 0 Å². The summed E-state index contributed by atoms with van der Waals surface area (Å²) in [7, 11) is 0. The summed E-state index contributed by atoms with van der Waals surface area (Å²) in [5, 5.41) is 2.81. The minimum absolute atomic E-state index is 0.0547. The van der Waals surface area contributed by atoms with Gasteiger partial charge in [-0.2, -0.15) is 0 Å². The Bertz CT molecular complexity index is 234. The van der Waals surface area contributed by atoms with Gasteiger partial charge in [0.1, 0.15) is 11.9 Å². The molecule has 0 aromatic carbocycles. The lowest BCUT2D eigenvalue weighted by Gasteiger charge is -1.95. The average molecular weight is 152 g/mol. The molecule has 2 rings (SSSR count). The predicted octanol–water partition coefficient (Wildman–Crippen LogP) is 0.559. The summed E-state index contributed by atoms with van der Waals surface area (Å²) >= 11 is 0. The van der Waals surface area contributed by atoms with E-state index in [1.807, 2.05) is 6.92 Å². The molecule has 1 aliphatic carbocycles. The van der Waals surface area contributed by atoms with Crippen LogP contribution in [-0.2, 0) is 4.79 Å². The minimum Gasteiger partial charge on any atom is -0.312 e. The second-order valence-corrected chi connectivity index (χ2v) is 3.50. The van der Waals surface area contributed by atoms with Gasteiger partial charge in [-0.15, -0.1) is 0 Å². The van der Waals surface area contributed by atoms with Gasteiger partial charge in [0.05, 0.1) is 0 Å². The lowest BCUT2D eigenvalue weighted by atomic mass is 10.3. The summed E-state index contributed by atoms with van der Waals surface area (Å²) in [6, 6.07) is -0.155. The summed E-state index contributed by atoms with van der Waals surface area (Å²) in [6.45, 7) is 4.01. The third kappa shape index (κ3) is 1.04. The fraction of sp³-hybridized carbons (Fsp3) is 0.750. The zero-order chi connectivity index (χ0) is 8.01. The quantitative estimate of drug-likeness (QED) is 0.586. The van der Waals surface area contributed by atoms with Crippen LogP contribution in [0.2, 0.25) is 0 Å². The normalized spacial score (nSPS) is 41.8. The summed E-state index contributed by atoms with van der Waals surface area (Å²) < 4.78 is 0. The second-order valence-electron chi connectivity index (χ2n) is 3.50. The highest BCUT2D eigenvalue weighted by Crippen LogP contribution is 2.39.